The monoisotopic (exact) mass is 204 g/mol. The zero-order valence-electron chi connectivity index (χ0n) is 9.01. The summed E-state index contributed by atoms with van der Waals surface area (Å²) in [5.74, 6) is 0. The number of aliphatic hydroxyl groups excluding tert-OH is 2. The molecular weight excluding hydrogens is 184 g/mol. The van der Waals surface area contributed by atoms with Crippen LogP contribution < -0.4 is 0 Å². The van der Waals surface area contributed by atoms with Crippen molar-refractivity contribution in [2.24, 2.45) is 0 Å². The lowest BCUT2D eigenvalue weighted by molar-refractivity contribution is -0.273. The Balaban J connectivity index is 2.44. The molecule has 0 radical (unpaired) electrons. The molecule has 1 fully saturated rings. The largest absolute Gasteiger partial charge is 0.390 e. The SMILES string of the molecule is CC[C@@H](C)O[C@H]1OC(C)[C@H](O)CC1O. The highest BCUT2D eigenvalue weighted by Gasteiger charge is 2.35. The van der Waals surface area contributed by atoms with E-state index in [1.165, 1.54) is 0 Å². The Morgan fingerprint density at radius 2 is 2.07 bits per heavy atom. The molecule has 0 aromatic carbocycles. The molecule has 1 rings (SSSR count). The molecule has 5 atom stereocenters. The standard InChI is InChI=1S/C10H20O4/c1-4-6(2)13-10-9(12)5-8(11)7(3)14-10/h6-12H,4-5H2,1-3H3/t6-,7?,8-,9?,10+/m1/s1. The zero-order valence-corrected chi connectivity index (χ0v) is 9.01. The smallest absolute Gasteiger partial charge is 0.184 e. The van der Waals surface area contributed by atoms with Crippen LogP contribution in [0.4, 0.5) is 0 Å². The van der Waals surface area contributed by atoms with Crippen LogP contribution in [0.3, 0.4) is 0 Å². The molecule has 0 aromatic rings. The van der Waals surface area contributed by atoms with E-state index in [0.29, 0.717) is 6.42 Å². The molecule has 1 saturated heterocycles. The number of rotatable bonds is 3. The van der Waals surface area contributed by atoms with E-state index < -0.39 is 18.5 Å². The van der Waals surface area contributed by atoms with Crippen LogP contribution in [0.15, 0.2) is 0 Å². The Bertz CT molecular complexity index is 172. The average Bonchev–Trinajstić information content (AvgIpc) is 2.14. The van der Waals surface area contributed by atoms with E-state index in [2.05, 4.69) is 0 Å². The van der Waals surface area contributed by atoms with Crippen LogP contribution in [-0.2, 0) is 9.47 Å². The highest BCUT2D eigenvalue weighted by Crippen LogP contribution is 2.22. The fraction of sp³-hybridized carbons (Fsp3) is 1.00. The molecule has 0 spiro atoms. The molecule has 0 saturated carbocycles. The summed E-state index contributed by atoms with van der Waals surface area (Å²) in [5.41, 5.74) is 0. The molecule has 0 aromatic heterocycles. The van der Waals surface area contributed by atoms with Gasteiger partial charge in [-0.2, -0.15) is 0 Å². The van der Waals surface area contributed by atoms with Gasteiger partial charge in [-0.1, -0.05) is 6.92 Å². The van der Waals surface area contributed by atoms with Crippen molar-refractivity contribution in [2.45, 2.75) is 64.3 Å². The number of aliphatic hydroxyl groups is 2. The molecule has 1 aliphatic rings. The van der Waals surface area contributed by atoms with Gasteiger partial charge < -0.3 is 19.7 Å². The lowest BCUT2D eigenvalue weighted by atomic mass is 10.0. The van der Waals surface area contributed by atoms with Crippen molar-refractivity contribution in [3.05, 3.63) is 0 Å². The summed E-state index contributed by atoms with van der Waals surface area (Å²) >= 11 is 0. The molecule has 1 heterocycles. The van der Waals surface area contributed by atoms with Gasteiger partial charge in [-0.25, -0.2) is 0 Å². The summed E-state index contributed by atoms with van der Waals surface area (Å²) in [6.45, 7) is 5.73. The molecule has 4 heteroatoms. The van der Waals surface area contributed by atoms with Gasteiger partial charge in [0.05, 0.1) is 18.3 Å². The molecule has 14 heavy (non-hydrogen) atoms. The third kappa shape index (κ3) is 2.92. The maximum atomic E-state index is 9.59. The van der Waals surface area contributed by atoms with E-state index in [4.69, 9.17) is 9.47 Å². The van der Waals surface area contributed by atoms with Gasteiger partial charge in [0.15, 0.2) is 6.29 Å². The molecule has 2 N–H and O–H groups in total. The second-order valence-corrected chi connectivity index (χ2v) is 3.93. The lowest BCUT2D eigenvalue weighted by Gasteiger charge is -2.36. The quantitative estimate of drug-likeness (QED) is 0.709. The highest BCUT2D eigenvalue weighted by molar-refractivity contribution is 4.78. The highest BCUT2D eigenvalue weighted by atomic mass is 16.7. The summed E-state index contributed by atoms with van der Waals surface area (Å²) < 4.78 is 10.8. The average molecular weight is 204 g/mol. The Morgan fingerprint density at radius 1 is 1.43 bits per heavy atom. The number of hydrogen-bond acceptors (Lipinski definition) is 4. The summed E-state index contributed by atoms with van der Waals surface area (Å²) in [6.07, 6.45) is -0.920. The van der Waals surface area contributed by atoms with Crippen molar-refractivity contribution in [1.29, 1.82) is 0 Å². The summed E-state index contributed by atoms with van der Waals surface area (Å²) in [4.78, 5) is 0. The van der Waals surface area contributed by atoms with Crippen molar-refractivity contribution < 1.29 is 19.7 Å². The fourth-order valence-corrected chi connectivity index (χ4v) is 1.39. The van der Waals surface area contributed by atoms with Gasteiger partial charge in [0, 0.05) is 6.42 Å². The van der Waals surface area contributed by atoms with Gasteiger partial charge in [-0.05, 0) is 20.3 Å². The normalized spacial score (nSPS) is 40.9. The first kappa shape index (κ1) is 11.9. The molecule has 2 unspecified atom stereocenters. The summed E-state index contributed by atoms with van der Waals surface area (Å²) in [5, 5.41) is 19.0. The minimum absolute atomic E-state index is 0.0668. The van der Waals surface area contributed by atoms with Crippen LogP contribution in [-0.4, -0.2) is 40.9 Å². The maximum absolute atomic E-state index is 9.59. The fourth-order valence-electron chi connectivity index (χ4n) is 1.39. The van der Waals surface area contributed by atoms with Gasteiger partial charge in [-0.15, -0.1) is 0 Å². The van der Waals surface area contributed by atoms with Gasteiger partial charge >= 0.3 is 0 Å². The summed E-state index contributed by atoms with van der Waals surface area (Å²) in [7, 11) is 0. The molecule has 0 amide bonds. The molecular formula is C10H20O4. The van der Waals surface area contributed by atoms with Gasteiger partial charge in [-0.3, -0.25) is 0 Å². The topological polar surface area (TPSA) is 58.9 Å². The first-order valence-electron chi connectivity index (χ1n) is 5.21. The zero-order chi connectivity index (χ0) is 10.7. The van der Waals surface area contributed by atoms with Crippen LogP contribution in [0.25, 0.3) is 0 Å². The van der Waals surface area contributed by atoms with Crippen molar-refractivity contribution >= 4 is 0 Å². The summed E-state index contributed by atoms with van der Waals surface area (Å²) in [6, 6.07) is 0. The number of hydrogen-bond donors (Lipinski definition) is 2. The Morgan fingerprint density at radius 3 is 2.64 bits per heavy atom. The van der Waals surface area contributed by atoms with E-state index in [1.807, 2.05) is 13.8 Å². The molecule has 84 valence electrons. The van der Waals surface area contributed by atoms with Crippen LogP contribution in [0, 0.1) is 0 Å². The van der Waals surface area contributed by atoms with Crippen LogP contribution in [0.2, 0.25) is 0 Å². The molecule has 0 bridgehead atoms. The van der Waals surface area contributed by atoms with Gasteiger partial charge in [0.2, 0.25) is 0 Å². The van der Waals surface area contributed by atoms with E-state index in [-0.39, 0.29) is 12.2 Å². The van der Waals surface area contributed by atoms with Crippen molar-refractivity contribution in [2.75, 3.05) is 0 Å². The Kier molecular flexibility index (Phi) is 4.31. The molecule has 4 nitrogen and oxygen atoms in total. The maximum Gasteiger partial charge on any atom is 0.184 e. The van der Waals surface area contributed by atoms with E-state index in [9.17, 15) is 10.2 Å². The van der Waals surface area contributed by atoms with Crippen LogP contribution in [0.1, 0.15) is 33.6 Å². The van der Waals surface area contributed by atoms with Crippen molar-refractivity contribution in [3.63, 3.8) is 0 Å². The first-order valence-corrected chi connectivity index (χ1v) is 5.21. The van der Waals surface area contributed by atoms with E-state index in [0.717, 1.165) is 6.42 Å². The van der Waals surface area contributed by atoms with Gasteiger partial charge in [0.1, 0.15) is 6.10 Å². The molecule has 1 aliphatic heterocycles. The van der Waals surface area contributed by atoms with Gasteiger partial charge in [0.25, 0.3) is 0 Å². The molecule has 0 aliphatic carbocycles. The first-order chi connectivity index (χ1) is 6.54. The predicted molar refractivity (Wildman–Crippen MR) is 51.8 cm³/mol. The Labute approximate surface area is 84.8 Å². The number of ether oxygens (including phenoxy) is 2. The third-order valence-corrected chi connectivity index (χ3v) is 2.63. The second-order valence-electron chi connectivity index (χ2n) is 3.93. The minimum atomic E-state index is -0.727. The minimum Gasteiger partial charge on any atom is -0.390 e. The lowest BCUT2D eigenvalue weighted by Crippen LogP contribution is -2.48. The van der Waals surface area contributed by atoms with Crippen LogP contribution >= 0.6 is 0 Å². The third-order valence-electron chi connectivity index (χ3n) is 2.63. The predicted octanol–water partition coefficient (Wildman–Crippen LogP) is 0.658. The van der Waals surface area contributed by atoms with Crippen LogP contribution in [0.5, 0.6) is 0 Å². The Hall–Kier alpha value is -0.160. The van der Waals surface area contributed by atoms with Crippen molar-refractivity contribution in [3.8, 4) is 0 Å². The second kappa shape index (κ2) is 5.07. The van der Waals surface area contributed by atoms with E-state index in [1.54, 1.807) is 6.92 Å². The van der Waals surface area contributed by atoms with E-state index >= 15 is 0 Å². The van der Waals surface area contributed by atoms with Crippen molar-refractivity contribution in [1.82, 2.24) is 0 Å².